The van der Waals surface area contributed by atoms with Gasteiger partial charge in [-0.2, -0.15) is 0 Å². The van der Waals surface area contributed by atoms with Crippen LogP contribution in [0.1, 0.15) is 22.3 Å². The summed E-state index contributed by atoms with van der Waals surface area (Å²) in [5.41, 5.74) is 7.38. The van der Waals surface area contributed by atoms with Crippen molar-refractivity contribution in [2.45, 2.75) is 18.9 Å². The SMILES string of the molecule is COCC(N)C(=O)N1CCCc2c(C(=O)O)cccc21. The predicted molar refractivity (Wildman–Crippen MR) is 73.9 cm³/mol. The molecule has 6 nitrogen and oxygen atoms in total. The third kappa shape index (κ3) is 2.66. The van der Waals surface area contributed by atoms with E-state index < -0.39 is 12.0 Å². The van der Waals surface area contributed by atoms with Crippen LogP contribution in [-0.2, 0) is 16.0 Å². The van der Waals surface area contributed by atoms with Gasteiger partial charge in [0.05, 0.1) is 12.2 Å². The van der Waals surface area contributed by atoms with Gasteiger partial charge in [-0.15, -0.1) is 0 Å². The minimum Gasteiger partial charge on any atom is -0.478 e. The lowest BCUT2D eigenvalue weighted by molar-refractivity contribution is -0.121. The number of rotatable bonds is 4. The summed E-state index contributed by atoms with van der Waals surface area (Å²) in [5.74, 6) is -1.22. The zero-order chi connectivity index (χ0) is 14.7. The first-order chi connectivity index (χ1) is 9.56. The first kappa shape index (κ1) is 14.5. The van der Waals surface area contributed by atoms with Gasteiger partial charge in [0.1, 0.15) is 6.04 Å². The van der Waals surface area contributed by atoms with E-state index in [9.17, 15) is 14.7 Å². The summed E-state index contributed by atoms with van der Waals surface area (Å²) in [6.45, 7) is 0.690. The summed E-state index contributed by atoms with van der Waals surface area (Å²) < 4.78 is 4.90. The van der Waals surface area contributed by atoms with Gasteiger partial charge in [-0.3, -0.25) is 4.79 Å². The Morgan fingerprint density at radius 2 is 2.25 bits per heavy atom. The molecule has 0 aliphatic carbocycles. The lowest BCUT2D eigenvalue weighted by Crippen LogP contribution is -2.48. The molecule has 1 heterocycles. The Labute approximate surface area is 117 Å². The molecule has 0 saturated heterocycles. The van der Waals surface area contributed by atoms with Gasteiger partial charge in [0.2, 0.25) is 5.91 Å². The number of anilines is 1. The third-order valence-corrected chi connectivity index (χ3v) is 3.41. The van der Waals surface area contributed by atoms with Crippen LogP contribution in [0, 0.1) is 0 Å². The summed E-state index contributed by atoms with van der Waals surface area (Å²) in [7, 11) is 1.49. The maximum Gasteiger partial charge on any atom is 0.336 e. The van der Waals surface area contributed by atoms with Gasteiger partial charge in [-0.1, -0.05) is 6.07 Å². The average Bonchev–Trinajstić information content (AvgIpc) is 2.45. The Bertz CT molecular complexity index is 530. The second-order valence-corrected chi connectivity index (χ2v) is 4.76. The molecular weight excluding hydrogens is 260 g/mol. The summed E-state index contributed by atoms with van der Waals surface area (Å²) in [6, 6.07) is 4.23. The summed E-state index contributed by atoms with van der Waals surface area (Å²) in [5, 5.41) is 9.21. The highest BCUT2D eigenvalue weighted by Gasteiger charge is 2.28. The van der Waals surface area contributed by atoms with E-state index >= 15 is 0 Å². The first-order valence-electron chi connectivity index (χ1n) is 6.47. The van der Waals surface area contributed by atoms with Crippen molar-refractivity contribution in [3.05, 3.63) is 29.3 Å². The Morgan fingerprint density at radius 1 is 1.50 bits per heavy atom. The largest absolute Gasteiger partial charge is 0.478 e. The number of benzene rings is 1. The van der Waals surface area contributed by atoms with E-state index in [4.69, 9.17) is 10.5 Å². The van der Waals surface area contributed by atoms with E-state index in [0.717, 1.165) is 6.42 Å². The van der Waals surface area contributed by atoms with Crippen LogP contribution >= 0.6 is 0 Å². The van der Waals surface area contributed by atoms with Crippen molar-refractivity contribution in [3.8, 4) is 0 Å². The molecule has 1 aliphatic rings. The minimum atomic E-state index is -0.975. The van der Waals surface area contributed by atoms with Crippen LogP contribution in [0.5, 0.6) is 0 Å². The molecule has 108 valence electrons. The van der Waals surface area contributed by atoms with Crippen molar-refractivity contribution in [1.82, 2.24) is 0 Å². The van der Waals surface area contributed by atoms with E-state index in [1.807, 2.05) is 0 Å². The van der Waals surface area contributed by atoms with Crippen LogP contribution in [0.25, 0.3) is 0 Å². The Kier molecular flexibility index (Phi) is 4.36. The van der Waals surface area contributed by atoms with E-state index in [1.54, 1.807) is 23.1 Å². The van der Waals surface area contributed by atoms with Crippen molar-refractivity contribution in [1.29, 1.82) is 0 Å². The van der Waals surface area contributed by atoms with Gasteiger partial charge in [0, 0.05) is 19.3 Å². The van der Waals surface area contributed by atoms with Gasteiger partial charge in [0.15, 0.2) is 0 Å². The van der Waals surface area contributed by atoms with Crippen LogP contribution < -0.4 is 10.6 Å². The van der Waals surface area contributed by atoms with Crippen LogP contribution in [-0.4, -0.2) is 43.3 Å². The van der Waals surface area contributed by atoms with Crippen molar-refractivity contribution >= 4 is 17.6 Å². The zero-order valence-corrected chi connectivity index (χ0v) is 11.3. The van der Waals surface area contributed by atoms with Crippen LogP contribution in [0.15, 0.2) is 18.2 Å². The van der Waals surface area contributed by atoms with Crippen molar-refractivity contribution in [2.24, 2.45) is 5.73 Å². The van der Waals surface area contributed by atoms with Crippen LogP contribution in [0.4, 0.5) is 5.69 Å². The van der Waals surface area contributed by atoms with Crippen molar-refractivity contribution in [2.75, 3.05) is 25.2 Å². The molecule has 6 heteroatoms. The monoisotopic (exact) mass is 278 g/mol. The van der Waals surface area contributed by atoms with E-state index in [-0.39, 0.29) is 18.1 Å². The molecule has 1 amide bonds. The van der Waals surface area contributed by atoms with E-state index in [0.29, 0.717) is 24.2 Å². The lowest BCUT2D eigenvalue weighted by atomic mass is 9.96. The number of ether oxygens (including phenoxy) is 1. The molecule has 0 spiro atoms. The molecule has 1 unspecified atom stereocenters. The molecule has 1 aromatic carbocycles. The number of aromatic carboxylic acids is 1. The lowest BCUT2D eigenvalue weighted by Gasteiger charge is -2.32. The molecule has 0 bridgehead atoms. The van der Waals surface area contributed by atoms with Gasteiger partial charge in [-0.05, 0) is 30.5 Å². The fourth-order valence-corrected chi connectivity index (χ4v) is 2.50. The number of methoxy groups -OCH3 is 1. The minimum absolute atomic E-state index is 0.142. The maximum atomic E-state index is 12.3. The Hall–Kier alpha value is -1.92. The van der Waals surface area contributed by atoms with Crippen molar-refractivity contribution in [3.63, 3.8) is 0 Å². The Balaban J connectivity index is 2.36. The molecule has 0 fully saturated rings. The zero-order valence-electron chi connectivity index (χ0n) is 11.3. The topological polar surface area (TPSA) is 92.9 Å². The molecule has 1 aliphatic heterocycles. The molecule has 20 heavy (non-hydrogen) atoms. The van der Waals surface area contributed by atoms with Gasteiger partial charge in [0.25, 0.3) is 0 Å². The Morgan fingerprint density at radius 3 is 2.90 bits per heavy atom. The molecule has 0 radical (unpaired) electrons. The second kappa shape index (κ2) is 6.02. The van der Waals surface area contributed by atoms with Gasteiger partial charge >= 0.3 is 5.97 Å². The van der Waals surface area contributed by atoms with E-state index in [2.05, 4.69) is 0 Å². The molecule has 2 rings (SSSR count). The van der Waals surface area contributed by atoms with Crippen LogP contribution in [0.3, 0.4) is 0 Å². The number of carboxylic acids is 1. The standard InChI is InChI=1S/C14H18N2O4/c1-20-8-11(15)13(17)16-7-3-5-9-10(14(18)19)4-2-6-12(9)16/h2,4,6,11H,3,5,7-8,15H2,1H3,(H,18,19). The van der Waals surface area contributed by atoms with Gasteiger partial charge < -0.3 is 20.5 Å². The van der Waals surface area contributed by atoms with Crippen LogP contribution in [0.2, 0.25) is 0 Å². The number of carboxylic acid groups (broad SMARTS) is 1. The van der Waals surface area contributed by atoms with E-state index in [1.165, 1.54) is 7.11 Å². The number of nitrogens with zero attached hydrogens (tertiary/aromatic N) is 1. The van der Waals surface area contributed by atoms with Crippen molar-refractivity contribution < 1.29 is 19.4 Å². The first-order valence-corrected chi connectivity index (χ1v) is 6.47. The number of amides is 1. The van der Waals surface area contributed by atoms with Gasteiger partial charge in [-0.25, -0.2) is 4.79 Å². The molecule has 0 aromatic heterocycles. The third-order valence-electron chi connectivity index (χ3n) is 3.41. The summed E-state index contributed by atoms with van der Waals surface area (Å²) in [6.07, 6.45) is 1.38. The summed E-state index contributed by atoms with van der Waals surface area (Å²) >= 11 is 0. The fraction of sp³-hybridized carbons (Fsp3) is 0.429. The smallest absolute Gasteiger partial charge is 0.336 e. The number of carbonyl (C=O) groups is 2. The normalized spacial score (nSPS) is 15.6. The summed E-state index contributed by atoms with van der Waals surface area (Å²) in [4.78, 5) is 25.1. The highest BCUT2D eigenvalue weighted by atomic mass is 16.5. The molecule has 1 aromatic rings. The number of hydrogen-bond acceptors (Lipinski definition) is 4. The molecular formula is C14H18N2O4. The number of fused-ring (bicyclic) bond motifs is 1. The fourth-order valence-electron chi connectivity index (χ4n) is 2.50. The molecule has 0 saturated carbocycles. The number of hydrogen-bond donors (Lipinski definition) is 2. The quantitative estimate of drug-likeness (QED) is 0.843. The number of nitrogens with two attached hydrogens (primary N) is 1. The predicted octanol–water partition coefficient (Wildman–Crippen LogP) is 0.638. The molecule has 3 N–H and O–H groups in total. The maximum absolute atomic E-state index is 12.3. The number of carbonyl (C=O) groups excluding carboxylic acids is 1. The highest BCUT2D eigenvalue weighted by Crippen LogP contribution is 2.30. The molecule has 1 atom stereocenters. The second-order valence-electron chi connectivity index (χ2n) is 4.76. The highest BCUT2D eigenvalue weighted by molar-refractivity contribution is 6.00. The average molecular weight is 278 g/mol.